The van der Waals surface area contributed by atoms with Crippen molar-refractivity contribution >= 4 is 12.1 Å². The summed E-state index contributed by atoms with van der Waals surface area (Å²) in [5, 5.41) is 13.3. The average Bonchev–Trinajstić information content (AvgIpc) is 2.88. The smallest absolute Gasteiger partial charge is 0.407 e. The monoisotopic (exact) mass is 338 g/mol. The van der Waals surface area contributed by atoms with Gasteiger partial charge in [-0.3, -0.25) is 4.68 Å². The van der Waals surface area contributed by atoms with Gasteiger partial charge in [0.15, 0.2) is 5.96 Å². The summed E-state index contributed by atoms with van der Waals surface area (Å²) in [6.07, 6.45) is 4.13. The first kappa shape index (κ1) is 19.8. The van der Waals surface area contributed by atoms with E-state index < -0.39 is 5.60 Å². The Kier molecular flexibility index (Phi) is 8.08. The zero-order valence-electron chi connectivity index (χ0n) is 15.3. The second-order valence-electron chi connectivity index (χ2n) is 6.43. The molecule has 1 heterocycles. The number of aliphatic imine (C=N–C) groups is 1. The lowest BCUT2D eigenvalue weighted by atomic mass is 10.2. The summed E-state index contributed by atoms with van der Waals surface area (Å²) in [4.78, 5) is 16.0. The number of aromatic nitrogens is 2. The first-order valence-corrected chi connectivity index (χ1v) is 8.26. The molecule has 0 fully saturated rings. The number of amides is 1. The van der Waals surface area contributed by atoms with Crippen LogP contribution in [0.4, 0.5) is 4.79 Å². The largest absolute Gasteiger partial charge is 0.444 e. The van der Waals surface area contributed by atoms with Gasteiger partial charge in [0.25, 0.3) is 0 Å². The van der Waals surface area contributed by atoms with Gasteiger partial charge >= 0.3 is 6.09 Å². The number of guanidine groups is 1. The van der Waals surface area contributed by atoms with Gasteiger partial charge in [0.2, 0.25) is 0 Å². The fourth-order valence-corrected chi connectivity index (χ4v) is 1.87. The van der Waals surface area contributed by atoms with Gasteiger partial charge in [-0.15, -0.1) is 0 Å². The molecule has 8 heteroatoms. The second-order valence-corrected chi connectivity index (χ2v) is 6.43. The maximum atomic E-state index is 11.5. The van der Waals surface area contributed by atoms with Crippen LogP contribution in [0.1, 0.15) is 39.7 Å². The summed E-state index contributed by atoms with van der Waals surface area (Å²) >= 11 is 0. The summed E-state index contributed by atoms with van der Waals surface area (Å²) in [6.45, 7) is 10.2. The minimum atomic E-state index is -0.473. The summed E-state index contributed by atoms with van der Waals surface area (Å²) in [6, 6.07) is 0. The van der Waals surface area contributed by atoms with Gasteiger partial charge in [0, 0.05) is 38.4 Å². The van der Waals surface area contributed by atoms with Crippen molar-refractivity contribution in [2.45, 2.75) is 46.3 Å². The number of hydrogen-bond donors (Lipinski definition) is 3. The number of aryl methyl sites for hydroxylation is 1. The molecule has 0 spiro atoms. The van der Waals surface area contributed by atoms with Crippen LogP contribution in [0.5, 0.6) is 0 Å². The van der Waals surface area contributed by atoms with Crippen molar-refractivity contribution in [2.24, 2.45) is 12.0 Å². The predicted molar refractivity (Wildman–Crippen MR) is 94.9 cm³/mol. The number of nitrogens with zero attached hydrogens (tertiary/aromatic N) is 3. The molecule has 0 radical (unpaired) electrons. The molecule has 0 saturated carbocycles. The van der Waals surface area contributed by atoms with E-state index in [2.05, 4.69) is 26.0 Å². The van der Waals surface area contributed by atoms with E-state index in [0.29, 0.717) is 19.6 Å². The molecule has 8 nitrogen and oxygen atoms in total. The standard InChI is InChI=1S/C16H30N6O2/c1-6-17-14(20-10-13-11-21-22(5)12-13)18-8-7-9-19-15(23)24-16(2,3)4/h11-12H,6-10H2,1-5H3,(H,19,23)(H2,17,18,20). The van der Waals surface area contributed by atoms with Crippen molar-refractivity contribution in [3.63, 3.8) is 0 Å². The zero-order valence-corrected chi connectivity index (χ0v) is 15.3. The highest BCUT2D eigenvalue weighted by atomic mass is 16.6. The highest BCUT2D eigenvalue weighted by Crippen LogP contribution is 2.06. The van der Waals surface area contributed by atoms with Crippen molar-refractivity contribution in [3.05, 3.63) is 18.0 Å². The molecule has 1 rings (SSSR count). The maximum Gasteiger partial charge on any atom is 0.407 e. The van der Waals surface area contributed by atoms with E-state index in [-0.39, 0.29) is 6.09 Å². The van der Waals surface area contributed by atoms with Crippen LogP contribution < -0.4 is 16.0 Å². The third-order valence-electron chi connectivity index (χ3n) is 2.84. The first-order valence-electron chi connectivity index (χ1n) is 8.26. The SMILES string of the molecule is CCNC(=NCc1cnn(C)c1)NCCCNC(=O)OC(C)(C)C. The predicted octanol–water partition coefficient (Wildman–Crippen LogP) is 1.39. The van der Waals surface area contributed by atoms with Crippen LogP contribution in [-0.2, 0) is 18.3 Å². The lowest BCUT2D eigenvalue weighted by Gasteiger charge is -2.19. The number of carbonyl (C=O) groups excluding carboxylic acids is 1. The summed E-state index contributed by atoms with van der Waals surface area (Å²) in [5.74, 6) is 0.749. The first-order chi connectivity index (χ1) is 11.3. The van der Waals surface area contributed by atoms with E-state index in [4.69, 9.17) is 4.74 Å². The maximum absolute atomic E-state index is 11.5. The van der Waals surface area contributed by atoms with Crippen LogP contribution in [0.25, 0.3) is 0 Å². The highest BCUT2D eigenvalue weighted by molar-refractivity contribution is 5.79. The molecule has 0 aliphatic rings. The van der Waals surface area contributed by atoms with Crippen molar-refractivity contribution in [3.8, 4) is 0 Å². The quantitative estimate of drug-likeness (QED) is 0.397. The Bertz CT molecular complexity index is 533. The van der Waals surface area contributed by atoms with Gasteiger partial charge in [0.1, 0.15) is 5.60 Å². The fourth-order valence-electron chi connectivity index (χ4n) is 1.87. The van der Waals surface area contributed by atoms with E-state index in [1.807, 2.05) is 40.9 Å². The minimum absolute atomic E-state index is 0.389. The summed E-state index contributed by atoms with van der Waals surface area (Å²) < 4.78 is 6.94. The Morgan fingerprint density at radius 1 is 1.29 bits per heavy atom. The molecular weight excluding hydrogens is 308 g/mol. The molecule has 0 saturated heterocycles. The Morgan fingerprint density at radius 2 is 2.00 bits per heavy atom. The molecule has 136 valence electrons. The number of alkyl carbamates (subject to hydrolysis) is 1. The van der Waals surface area contributed by atoms with E-state index in [9.17, 15) is 4.79 Å². The molecule has 1 aromatic heterocycles. The summed E-state index contributed by atoms with van der Waals surface area (Å²) in [7, 11) is 1.88. The van der Waals surface area contributed by atoms with Crippen molar-refractivity contribution in [2.75, 3.05) is 19.6 Å². The van der Waals surface area contributed by atoms with Gasteiger partial charge in [-0.1, -0.05) is 0 Å². The van der Waals surface area contributed by atoms with Gasteiger partial charge in [-0.2, -0.15) is 5.10 Å². The van der Waals surface area contributed by atoms with E-state index in [0.717, 1.165) is 24.5 Å². The molecule has 3 N–H and O–H groups in total. The van der Waals surface area contributed by atoms with E-state index in [1.165, 1.54) is 0 Å². The van der Waals surface area contributed by atoms with Crippen LogP contribution >= 0.6 is 0 Å². The van der Waals surface area contributed by atoms with Crippen LogP contribution in [0, 0.1) is 0 Å². The molecule has 0 aromatic carbocycles. The topological polar surface area (TPSA) is 92.6 Å². The normalized spacial score (nSPS) is 12.0. The third kappa shape index (κ3) is 9.02. The highest BCUT2D eigenvalue weighted by Gasteiger charge is 2.15. The van der Waals surface area contributed by atoms with Gasteiger partial charge < -0.3 is 20.7 Å². The number of hydrogen-bond acceptors (Lipinski definition) is 4. The van der Waals surface area contributed by atoms with Crippen LogP contribution in [-0.4, -0.2) is 47.1 Å². The molecule has 0 aliphatic heterocycles. The van der Waals surface area contributed by atoms with E-state index >= 15 is 0 Å². The van der Waals surface area contributed by atoms with Crippen molar-refractivity contribution in [1.29, 1.82) is 0 Å². The summed E-state index contributed by atoms with van der Waals surface area (Å²) in [5.41, 5.74) is 0.584. The number of rotatable bonds is 7. The van der Waals surface area contributed by atoms with Crippen molar-refractivity contribution < 1.29 is 9.53 Å². The fraction of sp³-hybridized carbons (Fsp3) is 0.688. The Morgan fingerprint density at radius 3 is 2.58 bits per heavy atom. The van der Waals surface area contributed by atoms with Gasteiger partial charge in [-0.05, 0) is 34.1 Å². The molecule has 0 aliphatic carbocycles. The number of carbonyl (C=O) groups is 1. The van der Waals surface area contributed by atoms with Gasteiger partial charge in [0.05, 0.1) is 12.7 Å². The zero-order chi connectivity index (χ0) is 18.0. The Labute approximate surface area is 144 Å². The van der Waals surface area contributed by atoms with E-state index in [1.54, 1.807) is 10.9 Å². The Hall–Kier alpha value is -2.25. The lowest BCUT2D eigenvalue weighted by molar-refractivity contribution is 0.0527. The van der Waals surface area contributed by atoms with Gasteiger partial charge in [-0.25, -0.2) is 9.79 Å². The minimum Gasteiger partial charge on any atom is -0.444 e. The molecule has 1 amide bonds. The molecular formula is C16H30N6O2. The van der Waals surface area contributed by atoms with Crippen LogP contribution in [0.3, 0.4) is 0 Å². The number of nitrogens with one attached hydrogen (secondary N) is 3. The second kappa shape index (κ2) is 9.79. The molecule has 0 unspecified atom stereocenters. The molecule has 0 bridgehead atoms. The third-order valence-corrected chi connectivity index (χ3v) is 2.84. The molecule has 24 heavy (non-hydrogen) atoms. The average molecular weight is 338 g/mol. The molecule has 0 atom stereocenters. The van der Waals surface area contributed by atoms with Crippen LogP contribution in [0.2, 0.25) is 0 Å². The van der Waals surface area contributed by atoms with Crippen molar-refractivity contribution in [1.82, 2.24) is 25.7 Å². The Balaban J connectivity index is 2.27. The number of ether oxygens (including phenoxy) is 1. The van der Waals surface area contributed by atoms with Crippen LogP contribution in [0.15, 0.2) is 17.4 Å². The lowest BCUT2D eigenvalue weighted by Crippen LogP contribution is -2.39. The molecule has 1 aromatic rings.